The van der Waals surface area contributed by atoms with Crippen molar-refractivity contribution >= 4 is 56.2 Å². The van der Waals surface area contributed by atoms with Crippen molar-refractivity contribution in [1.82, 2.24) is 4.98 Å². The molecule has 3 aromatic carbocycles. The molecule has 0 aliphatic heterocycles. The van der Waals surface area contributed by atoms with Crippen molar-refractivity contribution in [3.63, 3.8) is 0 Å². The van der Waals surface area contributed by atoms with E-state index in [0.717, 1.165) is 22.4 Å². The van der Waals surface area contributed by atoms with Gasteiger partial charge in [-0.3, -0.25) is 4.79 Å². The van der Waals surface area contributed by atoms with Gasteiger partial charge in [0.1, 0.15) is 9.71 Å². The highest BCUT2D eigenvalue weighted by molar-refractivity contribution is 7.21. The first-order valence-corrected chi connectivity index (χ1v) is 12.5. The summed E-state index contributed by atoms with van der Waals surface area (Å²) in [6.07, 6.45) is 0. The predicted molar refractivity (Wildman–Crippen MR) is 148 cm³/mol. The van der Waals surface area contributed by atoms with Gasteiger partial charge in [-0.15, -0.1) is 11.3 Å². The van der Waals surface area contributed by atoms with Crippen LogP contribution in [-0.4, -0.2) is 25.0 Å². The number of pyridine rings is 1. The Balaban J connectivity index is 1.80. The average molecular weight is 535 g/mol. The van der Waals surface area contributed by atoms with Crippen LogP contribution < -0.4 is 15.2 Å². The first-order chi connectivity index (χ1) is 17.4. The molecule has 36 heavy (non-hydrogen) atoms. The Morgan fingerprint density at radius 2 is 1.67 bits per heavy atom. The van der Waals surface area contributed by atoms with E-state index in [9.17, 15) is 4.79 Å². The maximum Gasteiger partial charge on any atom is 0.205 e. The number of nitrogens with zero attached hydrogens (tertiary/aromatic N) is 1. The maximum absolute atomic E-state index is 13.5. The highest BCUT2D eigenvalue weighted by atomic mass is 35.5. The molecule has 0 saturated carbocycles. The van der Waals surface area contributed by atoms with Crippen molar-refractivity contribution in [2.24, 2.45) is 0 Å². The largest absolute Gasteiger partial charge is 0.493 e. The van der Waals surface area contributed by atoms with Gasteiger partial charge in [-0.1, -0.05) is 65.7 Å². The molecule has 0 amide bonds. The lowest BCUT2D eigenvalue weighted by atomic mass is 9.97. The Morgan fingerprint density at radius 1 is 0.889 bits per heavy atom. The van der Waals surface area contributed by atoms with E-state index in [0.29, 0.717) is 47.9 Å². The van der Waals surface area contributed by atoms with Gasteiger partial charge in [0, 0.05) is 27.6 Å². The van der Waals surface area contributed by atoms with Crippen molar-refractivity contribution in [3.05, 3.63) is 93.3 Å². The number of carbonyl (C=O) groups excluding carboxylic acids is 1. The molecular weight excluding hydrogens is 515 g/mol. The lowest BCUT2D eigenvalue weighted by Crippen LogP contribution is -2.02. The number of nitrogen functional groups attached to an aromatic ring is 1. The molecule has 2 N–H and O–H groups in total. The summed E-state index contributed by atoms with van der Waals surface area (Å²) in [5, 5.41) is 1.35. The number of methoxy groups -OCH3 is 2. The number of thiophene rings is 1. The summed E-state index contributed by atoms with van der Waals surface area (Å²) in [4.78, 5) is 19.4. The number of carbonyl (C=O) groups is 1. The summed E-state index contributed by atoms with van der Waals surface area (Å²) in [6, 6.07) is 22.2. The van der Waals surface area contributed by atoms with Crippen LogP contribution in [0.2, 0.25) is 10.0 Å². The summed E-state index contributed by atoms with van der Waals surface area (Å²) >= 11 is 13.5. The fourth-order valence-corrected chi connectivity index (χ4v) is 5.51. The number of anilines is 1. The molecular formula is C28H20Cl2N2O3S. The Labute approximate surface area is 222 Å². The van der Waals surface area contributed by atoms with Gasteiger partial charge in [0.05, 0.1) is 35.6 Å². The minimum absolute atomic E-state index is 0.251. The molecule has 0 fully saturated rings. The van der Waals surface area contributed by atoms with Crippen LogP contribution in [0.4, 0.5) is 5.69 Å². The summed E-state index contributed by atoms with van der Waals surface area (Å²) in [7, 11) is 3.18. The van der Waals surface area contributed by atoms with E-state index in [4.69, 9.17) is 43.4 Å². The Morgan fingerprint density at radius 3 is 2.36 bits per heavy atom. The molecule has 0 aliphatic rings. The first-order valence-electron chi connectivity index (χ1n) is 10.9. The number of halogens is 2. The number of hydrogen-bond acceptors (Lipinski definition) is 6. The topological polar surface area (TPSA) is 74.4 Å². The second kappa shape index (κ2) is 9.82. The van der Waals surface area contributed by atoms with Gasteiger partial charge in [0.2, 0.25) is 5.78 Å². The molecule has 5 rings (SSSR count). The Kier molecular flexibility index (Phi) is 6.58. The molecule has 5 nitrogen and oxygen atoms in total. The zero-order valence-corrected chi connectivity index (χ0v) is 21.7. The van der Waals surface area contributed by atoms with Crippen molar-refractivity contribution in [3.8, 4) is 33.9 Å². The van der Waals surface area contributed by atoms with Crippen LogP contribution >= 0.6 is 34.5 Å². The molecule has 0 aliphatic carbocycles. The highest BCUT2D eigenvalue weighted by Gasteiger charge is 2.24. The lowest BCUT2D eigenvalue weighted by Gasteiger charge is -2.15. The number of benzene rings is 3. The van der Waals surface area contributed by atoms with Crippen molar-refractivity contribution < 1.29 is 14.3 Å². The van der Waals surface area contributed by atoms with E-state index in [1.807, 2.05) is 54.6 Å². The quantitative estimate of drug-likeness (QED) is 0.225. The third-order valence-electron chi connectivity index (χ3n) is 5.85. The third-order valence-corrected chi connectivity index (χ3v) is 7.69. The summed E-state index contributed by atoms with van der Waals surface area (Å²) in [5.41, 5.74) is 10.6. The van der Waals surface area contributed by atoms with Crippen LogP contribution in [0, 0.1) is 0 Å². The number of fused-ring (bicyclic) bond motifs is 1. The number of ether oxygens (including phenoxy) is 2. The monoisotopic (exact) mass is 534 g/mol. The predicted octanol–water partition coefficient (Wildman–Crippen LogP) is 7.77. The number of hydrogen-bond donors (Lipinski definition) is 1. The van der Waals surface area contributed by atoms with Gasteiger partial charge >= 0.3 is 0 Å². The molecule has 8 heteroatoms. The van der Waals surface area contributed by atoms with Gasteiger partial charge in [-0.25, -0.2) is 4.98 Å². The summed E-state index contributed by atoms with van der Waals surface area (Å²) in [6.45, 7) is 0. The highest BCUT2D eigenvalue weighted by Crippen LogP contribution is 2.46. The van der Waals surface area contributed by atoms with E-state index in [1.54, 1.807) is 32.4 Å². The molecule has 0 bridgehead atoms. The van der Waals surface area contributed by atoms with Gasteiger partial charge < -0.3 is 15.2 Å². The SMILES string of the molecule is COc1cccc(-c2cc(-c3ccccc3)nc3sc(C(=O)c4ccc(Cl)c(Cl)c4)c(N)c23)c1OC. The van der Waals surface area contributed by atoms with E-state index in [-0.39, 0.29) is 5.78 Å². The number of para-hydroxylation sites is 1. The van der Waals surface area contributed by atoms with Crippen LogP contribution in [0.1, 0.15) is 15.2 Å². The first kappa shape index (κ1) is 24.1. The second-order valence-electron chi connectivity index (χ2n) is 7.95. The summed E-state index contributed by atoms with van der Waals surface area (Å²) < 4.78 is 11.3. The lowest BCUT2D eigenvalue weighted by molar-refractivity contribution is 0.104. The Hall–Kier alpha value is -3.58. The molecule has 5 aromatic rings. The fourth-order valence-electron chi connectivity index (χ4n) is 4.13. The zero-order chi connectivity index (χ0) is 25.4. The molecule has 0 radical (unpaired) electrons. The van der Waals surface area contributed by atoms with E-state index in [1.165, 1.54) is 11.3 Å². The zero-order valence-electron chi connectivity index (χ0n) is 19.3. The van der Waals surface area contributed by atoms with Crippen molar-refractivity contribution in [1.29, 1.82) is 0 Å². The van der Waals surface area contributed by atoms with Crippen LogP contribution in [0.5, 0.6) is 11.5 Å². The van der Waals surface area contributed by atoms with Gasteiger partial charge in [0.25, 0.3) is 0 Å². The van der Waals surface area contributed by atoms with Gasteiger partial charge in [0.15, 0.2) is 11.5 Å². The van der Waals surface area contributed by atoms with Crippen molar-refractivity contribution in [2.45, 2.75) is 0 Å². The van der Waals surface area contributed by atoms with E-state index >= 15 is 0 Å². The number of rotatable bonds is 6. The van der Waals surface area contributed by atoms with Gasteiger partial charge in [-0.05, 0) is 30.3 Å². The molecule has 0 saturated heterocycles. The average Bonchev–Trinajstić information content (AvgIpc) is 3.25. The molecule has 0 unspecified atom stereocenters. The van der Waals surface area contributed by atoms with Crippen LogP contribution in [0.25, 0.3) is 32.6 Å². The molecule has 180 valence electrons. The minimum atomic E-state index is -0.251. The number of nitrogens with two attached hydrogens (primary N) is 1. The van der Waals surface area contributed by atoms with Crippen LogP contribution in [-0.2, 0) is 0 Å². The van der Waals surface area contributed by atoms with E-state index < -0.39 is 0 Å². The molecule has 2 heterocycles. The maximum atomic E-state index is 13.5. The molecule has 2 aromatic heterocycles. The fraction of sp³-hybridized carbons (Fsp3) is 0.0714. The number of aromatic nitrogens is 1. The minimum Gasteiger partial charge on any atom is -0.493 e. The Bertz CT molecular complexity index is 1620. The second-order valence-corrected chi connectivity index (χ2v) is 9.76. The van der Waals surface area contributed by atoms with Crippen LogP contribution in [0.15, 0.2) is 72.8 Å². The summed E-state index contributed by atoms with van der Waals surface area (Å²) in [5.74, 6) is 0.899. The molecule has 0 spiro atoms. The normalized spacial score (nSPS) is 11.0. The smallest absolute Gasteiger partial charge is 0.205 e. The standard InChI is InChI=1S/C28H20Cl2N2O3S/c1-34-22-10-6-9-17(26(22)35-2)18-14-21(15-7-4-3-5-8-15)32-28-23(18)24(31)27(36-28)25(33)16-11-12-19(29)20(30)13-16/h3-14H,31H2,1-2H3. The van der Waals surface area contributed by atoms with Gasteiger partial charge in [-0.2, -0.15) is 0 Å². The number of ketones is 1. The van der Waals surface area contributed by atoms with Crippen LogP contribution in [0.3, 0.4) is 0 Å². The van der Waals surface area contributed by atoms with E-state index in [2.05, 4.69) is 0 Å². The molecule has 0 atom stereocenters. The van der Waals surface area contributed by atoms with Crippen molar-refractivity contribution in [2.75, 3.05) is 20.0 Å². The third kappa shape index (κ3) is 4.17.